The fourth-order valence-electron chi connectivity index (χ4n) is 6.32. The fourth-order valence-corrected chi connectivity index (χ4v) is 8.06. The average molecular weight is 556 g/mol. The van der Waals surface area contributed by atoms with E-state index in [0.717, 1.165) is 6.61 Å². The molecule has 0 radical (unpaired) electrons. The predicted octanol–water partition coefficient (Wildman–Crippen LogP) is 8.00. The minimum atomic E-state index is -0.454. The SMILES string of the molecule is CCCCO[SiH2]CC(CCCN(CCC)CCC)(CCCN(CCC)CCC)CCCN(CCC)CCC. The molecule has 0 aromatic carbocycles. The van der Waals surface area contributed by atoms with Gasteiger partial charge in [-0.1, -0.05) is 54.9 Å². The Hall–Kier alpha value is 0.0569. The topological polar surface area (TPSA) is 19.0 Å². The van der Waals surface area contributed by atoms with Gasteiger partial charge in [0.1, 0.15) is 0 Å². The molecule has 0 spiro atoms. The molecule has 0 rings (SSSR count). The van der Waals surface area contributed by atoms with Gasteiger partial charge in [-0.2, -0.15) is 0 Å². The zero-order valence-corrected chi connectivity index (χ0v) is 29.0. The number of nitrogens with zero attached hydrogens (tertiary/aromatic N) is 3. The third kappa shape index (κ3) is 20.0. The number of hydrogen-bond acceptors (Lipinski definition) is 4. The Labute approximate surface area is 244 Å². The van der Waals surface area contributed by atoms with Crippen molar-refractivity contribution in [3.63, 3.8) is 0 Å². The number of rotatable bonds is 30. The summed E-state index contributed by atoms with van der Waals surface area (Å²) in [6.45, 7) is 28.8. The Bertz CT molecular complexity index is 406. The van der Waals surface area contributed by atoms with Crippen LogP contribution in [0.25, 0.3) is 0 Å². The maximum atomic E-state index is 6.35. The summed E-state index contributed by atoms with van der Waals surface area (Å²) in [5.74, 6) is 0. The molecule has 0 aliphatic heterocycles. The highest BCUT2D eigenvalue weighted by atomic mass is 28.2. The van der Waals surface area contributed by atoms with Crippen molar-refractivity contribution in [1.29, 1.82) is 0 Å². The van der Waals surface area contributed by atoms with E-state index in [4.69, 9.17) is 4.43 Å². The summed E-state index contributed by atoms with van der Waals surface area (Å²) in [6.07, 6.45) is 18.5. The second-order valence-electron chi connectivity index (χ2n) is 12.1. The van der Waals surface area contributed by atoms with Crippen LogP contribution in [0.15, 0.2) is 0 Å². The predicted molar refractivity (Wildman–Crippen MR) is 175 cm³/mol. The third-order valence-corrected chi connectivity index (χ3v) is 10.0. The van der Waals surface area contributed by atoms with Gasteiger partial charge in [-0.05, 0) is 154 Å². The van der Waals surface area contributed by atoms with Gasteiger partial charge in [0.25, 0.3) is 0 Å². The maximum absolute atomic E-state index is 6.35. The van der Waals surface area contributed by atoms with Crippen LogP contribution in [0, 0.1) is 5.41 Å². The Balaban J connectivity index is 5.48. The lowest BCUT2D eigenvalue weighted by Crippen LogP contribution is -2.32. The standard InChI is InChI=1S/C33H73N3OSi/c1-8-15-31-37-38-32-33(19-16-28-34(22-9-2)23-10-3,20-17-29-35(24-11-4)25-12-5)21-18-30-36(26-13-6)27-14-7/h8-32,38H2,1-7H3. The summed E-state index contributed by atoms with van der Waals surface area (Å²) in [4.78, 5) is 8.19. The molecule has 38 heavy (non-hydrogen) atoms. The van der Waals surface area contributed by atoms with Gasteiger partial charge in [-0.15, -0.1) is 0 Å². The van der Waals surface area contributed by atoms with E-state index in [1.54, 1.807) is 0 Å². The third-order valence-electron chi connectivity index (χ3n) is 8.20. The van der Waals surface area contributed by atoms with Crippen LogP contribution in [0.1, 0.15) is 138 Å². The van der Waals surface area contributed by atoms with Crippen molar-refractivity contribution >= 4 is 9.76 Å². The van der Waals surface area contributed by atoms with Crippen molar-refractivity contribution in [2.75, 3.05) is 65.5 Å². The summed E-state index contributed by atoms with van der Waals surface area (Å²) in [7, 11) is -0.454. The molecule has 0 saturated carbocycles. The van der Waals surface area contributed by atoms with Gasteiger partial charge >= 0.3 is 0 Å². The molecule has 0 fully saturated rings. The molecule has 0 aliphatic carbocycles. The lowest BCUT2D eigenvalue weighted by Gasteiger charge is -2.37. The summed E-state index contributed by atoms with van der Waals surface area (Å²) in [5.41, 5.74) is 0.497. The van der Waals surface area contributed by atoms with Crippen LogP contribution in [0.2, 0.25) is 6.04 Å². The van der Waals surface area contributed by atoms with Gasteiger partial charge in [0.05, 0.1) is 0 Å². The molecule has 0 unspecified atom stereocenters. The molecule has 0 aliphatic rings. The van der Waals surface area contributed by atoms with Gasteiger partial charge in [-0.3, -0.25) is 0 Å². The first kappa shape index (κ1) is 38.1. The van der Waals surface area contributed by atoms with Crippen molar-refractivity contribution in [2.24, 2.45) is 5.41 Å². The van der Waals surface area contributed by atoms with Gasteiger partial charge in [0.15, 0.2) is 9.76 Å². The van der Waals surface area contributed by atoms with E-state index < -0.39 is 9.76 Å². The highest BCUT2D eigenvalue weighted by Crippen LogP contribution is 2.39. The van der Waals surface area contributed by atoms with E-state index >= 15 is 0 Å². The Morgan fingerprint density at radius 2 is 0.789 bits per heavy atom. The molecular weight excluding hydrogens is 482 g/mol. The molecule has 0 bridgehead atoms. The highest BCUT2D eigenvalue weighted by molar-refractivity contribution is 6.27. The lowest BCUT2D eigenvalue weighted by atomic mass is 9.76. The van der Waals surface area contributed by atoms with Crippen LogP contribution in [0.4, 0.5) is 0 Å². The lowest BCUT2D eigenvalue weighted by molar-refractivity contribution is 0.170. The number of unbranched alkanes of at least 4 members (excludes halogenated alkanes) is 1. The van der Waals surface area contributed by atoms with Crippen LogP contribution >= 0.6 is 0 Å². The van der Waals surface area contributed by atoms with E-state index in [9.17, 15) is 0 Å². The molecule has 0 N–H and O–H groups in total. The van der Waals surface area contributed by atoms with Crippen LogP contribution in [0.3, 0.4) is 0 Å². The summed E-state index contributed by atoms with van der Waals surface area (Å²) in [6, 6.07) is 1.39. The van der Waals surface area contributed by atoms with E-state index in [-0.39, 0.29) is 0 Å². The van der Waals surface area contributed by atoms with Crippen molar-refractivity contribution in [3.05, 3.63) is 0 Å². The molecular formula is C33H73N3OSi. The zero-order chi connectivity index (χ0) is 28.3. The molecule has 0 aromatic rings. The first-order valence-electron chi connectivity index (χ1n) is 17.3. The second-order valence-corrected chi connectivity index (χ2v) is 13.4. The molecule has 0 saturated heterocycles. The minimum Gasteiger partial charge on any atom is -0.424 e. The van der Waals surface area contributed by atoms with Crippen LogP contribution in [0.5, 0.6) is 0 Å². The largest absolute Gasteiger partial charge is 0.424 e. The Kier molecular flexibility index (Phi) is 27.3. The van der Waals surface area contributed by atoms with Crippen molar-refractivity contribution in [3.8, 4) is 0 Å². The molecule has 5 heteroatoms. The quantitative estimate of drug-likeness (QED) is 0.0660. The van der Waals surface area contributed by atoms with E-state index in [0.29, 0.717) is 5.41 Å². The maximum Gasteiger partial charge on any atom is 0.162 e. The Morgan fingerprint density at radius 3 is 1.08 bits per heavy atom. The Morgan fingerprint density at radius 1 is 0.447 bits per heavy atom. The summed E-state index contributed by atoms with van der Waals surface area (Å²) >= 11 is 0. The number of hydrogen-bond donors (Lipinski definition) is 0. The summed E-state index contributed by atoms with van der Waals surface area (Å²) in [5, 5.41) is 0. The first-order chi connectivity index (χ1) is 18.5. The van der Waals surface area contributed by atoms with Crippen molar-refractivity contribution in [1.82, 2.24) is 14.7 Å². The highest BCUT2D eigenvalue weighted by Gasteiger charge is 2.29. The molecule has 0 atom stereocenters. The molecule has 0 aromatic heterocycles. The first-order valence-corrected chi connectivity index (χ1v) is 18.9. The van der Waals surface area contributed by atoms with Crippen molar-refractivity contribution in [2.45, 2.75) is 144 Å². The normalized spacial score (nSPS) is 12.8. The molecule has 0 heterocycles. The molecule has 4 nitrogen and oxygen atoms in total. The monoisotopic (exact) mass is 556 g/mol. The van der Waals surface area contributed by atoms with Gasteiger partial charge in [0, 0.05) is 6.61 Å². The van der Waals surface area contributed by atoms with E-state index in [1.807, 2.05) is 0 Å². The molecule has 230 valence electrons. The fraction of sp³-hybridized carbons (Fsp3) is 1.00. The zero-order valence-electron chi connectivity index (χ0n) is 27.6. The smallest absolute Gasteiger partial charge is 0.162 e. The van der Waals surface area contributed by atoms with Crippen LogP contribution < -0.4 is 0 Å². The average Bonchev–Trinajstić information content (AvgIpc) is 2.89. The second kappa shape index (κ2) is 27.2. The molecule has 0 amide bonds. The van der Waals surface area contributed by atoms with Crippen molar-refractivity contribution < 1.29 is 4.43 Å². The van der Waals surface area contributed by atoms with Crippen LogP contribution in [-0.2, 0) is 4.43 Å². The van der Waals surface area contributed by atoms with Crippen LogP contribution in [-0.4, -0.2) is 90.0 Å². The van der Waals surface area contributed by atoms with Gasteiger partial charge < -0.3 is 19.1 Å². The summed E-state index contributed by atoms with van der Waals surface area (Å²) < 4.78 is 6.35. The van der Waals surface area contributed by atoms with E-state index in [1.165, 1.54) is 155 Å². The van der Waals surface area contributed by atoms with Gasteiger partial charge in [-0.25, -0.2) is 0 Å². The van der Waals surface area contributed by atoms with Gasteiger partial charge in [0.2, 0.25) is 0 Å². The van der Waals surface area contributed by atoms with E-state index in [2.05, 4.69) is 63.2 Å². The minimum absolute atomic E-state index is 0.454.